The van der Waals surface area contributed by atoms with Crippen LogP contribution in [0.25, 0.3) is 11.6 Å². The topological polar surface area (TPSA) is 0 Å². The highest BCUT2D eigenvalue weighted by molar-refractivity contribution is 5.83. The van der Waals surface area contributed by atoms with Gasteiger partial charge in [-0.2, -0.15) is 0 Å². The second-order valence-corrected chi connectivity index (χ2v) is 7.76. The summed E-state index contributed by atoms with van der Waals surface area (Å²) in [6, 6.07) is 6.75. The van der Waals surface area contributed by atoms with Crippen LogP contribution in [0.5, 0.6) is 0 Å². The molecule has 0 atom stereocenters. The molecule has 0 bridgehead atoms. The summed E-state index contributed by atoms with van der Waals surface area (Å²) in [7, 11) is 0. The summed E-state index contributed by atoms with van der Waals surface area (Å²) in [6.07, 6.45) is 6.68. The summed E-state index contributed by atoms with van der Waals surface area (Å²) in [5.74, 6) is 0. The average molecular weight is 266 g/mol. The highest BCUT2D eigenvalue weighted by atomic mass is 14.2. The van der Waals surface area contributed by atoms with Crippen LogP contribution < -0.4 is 0 Å². The first-order valence-electron chi connectivity index (χ1n) is 7.33. The zero-order chi connectivity index (χ0) is 15.1. The van der Waals surface area contributed by atoms with Crippen LogP contribution in [0.4, 0.5) is 0 Å². The quantitative estimate of drug-likeness (QED) is 0.540. The smallest absolute Gasteiger partial charge is 0.0114 e. The summed E-state index contributed by atoms with van der Waals surface area (Å²) in [6.45, 7) is 17.8. The first-order valence-corrected chi connectivity index (χ1v) is 7.33. The van der Waals surface area contributed by atoms with Crippen molar-refractivity contribution >= 4 is 11.6 Å². The Morgan fingerprint density at radius 1 is 0.850 bits per heavy atom. The molecule has 0 unspecified atom stereocenters. The highest BCUT2D eigenvalue weighted by Crippen LogP contribution is 2.35. The van der Waals surface area contributed by atoms with Gasteiger partial charge < -0.3 is 0 Å². The van der Waals surface area contributed by atoms with Crippen LogP contribution in [0, 0.1) is 5.41 Å². The fourth-order valence-electron chi connectivity index (χ4n) is 2.41. The van der Waals surface area contributed by atoms with Crippen molar-refractivity contribution in [1.82, 2.24) is 0 Å². The van der Waals surface area contributed by atoms with E-state index in [0.717, 1.165) is 5.57 Å². The normalized spacial score (nSPS) is 15.7. The molecular weight excluding hydrogens is 240 g/mol. The molecule has 106 valence electrons. The van der Waals surface area contributed by atoms with E-state index in [1.54, 1.807) is 0 Å². The van der Waals surface area contributed by atoms with Gasteiger partial charge in [0.05, 0.1) is 0 Å². The lowest BCUT2D eigenvalue weighted by Crippen LogP contribution is -2.11. The van der Waals surface area contributed by atoms with Crippen LogP contribution in [-0.4, -0.2) is 0 Å². The van der Waals surface area contributed by atoms with Gasteiger partial charge >= 0.3 is 0 Å². The molecule has 20 heavy (non-hydrogen) atoms. The first-order chi connectivity index (χ1) is 9.09. The monoisotopic (exact) mass is 266 g/mol. The second kappa shape index (κ2) is 4.77. The Bertz CT molecular complexity index is 596. The molecule has 0 heteroatoms. The molecule has 1 aliphatic carbocycles. The summed E-state index contributed by atoms with van der Waals surface area (Å²) < 4.78 is 0. The van der Waals surface area contributed by atoms with Crippen molar-refractivity contribution in [3.63, 3.8) is 0 Å². The van der Waals surface area contributed by atoms with Gasteiger partial charge in [0.25, 0.3) is 0 Å². The number of fused-ring (bicyclic) bond motifs is 1. The molecule has 0 saturated heterocycles. The molecule has 0 heterocycles. The Balaban J connectivity index is 2.54. The predicted molar refractivity (Wildman–Crippen MR) is 90.7 cm³/mol. The number of hydrogen-bond acceptors (Lipinski definition) is 0. The van der Waals surface area contributed by atoms with Crippen molar-refractivity contribution in [2.24, 2.45) is 5.41 Å². The zero-order valence-electron chi connectivity index (χ0n) is 13.7. The van der Waals surface area contributed by atoms with Crippen LogP contribution in [0.3, 0.4) is 0 Å². The molecule has 0 amide bonds. The van der Waals surface area contributed by atoms with E-state index in [2.05, 4.69) is 84.5 Å². The summed E-state index contributed by atoms with van der Waals surface area (Å²) in [4.78, 5) is 0. The predicted octanol–water partition coefficient (Wildman–Crippen LogP) is 6.00. The minimum Gasteiger partial charge on any atom is -0.0911 e. The van der Waals surface area contributed by atoms with E-state index < -0.39 is 0 Å². The van der Waals surface area contributed by atoms with Gasteiger partial charge in [-0.1, -0.05) is 84.5 Å². The molecule has 0 spiro atoms. The molecule has 0 fully saturated rings. The van der Waals surface area contributed by atoms with Crippen molar-refractivity contribution < 1.29 is 0 Å². The van der Waals surface area contributed by atoms with E-state index in [9.17, 15) is 0 Å². The third-order valence-electron chi connectivity index (χ3n) is 3.90. The maximum Gasteiger partial charge on any atom is -0.0114 e. The molecule has 0 aromatic heterocycles. The highest BCUT2D eigenvalue weighted by Gasteiger charge is 2.20. The van der Waals surface area contributed by atoms with E-state index in [0.29, 0.717) is 0 Å². The molecule has 0 N–H and O–H groups in total. The Morgan fingerprint density at radius 2 is 1.50 bits per heavy atom. The molecule has 0 nitrogen and oxygen atoms in total. The average Bonchev–Trinajstić information content (AvgIpc) is 2.47. The van der Waals surface area contributed by atoms with Crippen LogP contribution in [0.1, 0.15) is 58.2 Å². The molecule has 0 aliphatic heterocycles. The van der Waals surface area contributed by atoms with Gasteiger partial charge in [0.1, 0.15) is 0 Å². The largest absolute Gasteiger partial charge is 0.0911 e. The SMILES string of the molecule is C=C1C=C(C(C)(C)C)C=Cc2ccc(C(C)(C)C)cc21. The first kappa shape index (κ1) is 14.8. The molecule has 0 saturated carbocycles. The summed E-state index contributed by atoms with van der Waals surface area (Å²) >= 11 is 0. The Hall–Kier alpha value is -1.56. The van der Waals surface area contributed by atoms with Crippen molar-refractivity contribution in [2.75, 3.05) is 0 Å². The molecule has 2 rings (SSSR count). The molecule has 1 aromatic carbocycles. The lowest BCUT2D eigenvalue weighted by Gasteiger charge is -2.21. The third kappa shape index (κ3) is 2.95. The zero-order valence-corrected chi connectivity index (χ0v) is 13.7. The van der Waals surface area contributed by atoms with Crippen molar-refractivity contribution in [1.29, 1.82) is 0 Å². The van der Waals surface area contributed by atoms with Crippen LogP contribution in [0.2, 0.25) is 0 Å². The van der Waals surface area contributed by atoms with Crippen molar-refractivity contribution in [3.05, 3.63) is 59.2 Å². The van der Waals surface area contributed by atoms with Gasteiger partial charge in [-0.25, -0.2) is 0 Å². The van der Waals surface area contributed by atoms with Gasteiger partial charge in [0.2, 0.25) is 0 Å². The van der Waals surface area contributed by atoms with Gasteiger partial charge in [-0.15, -0.1) is 0 Å². The van der Waals surface area contributed by atoms with Crippen molar-refractivity contribution in [3.8, 4) is 0 Å². The second-order valence-electron chi connectivity index (χ2n) is 7.76. The molecule has 1 aliphatic rings. The maximum atomic E-state index is 4.29. The van der Waals surface area contributed by atoms with Crippen LogP contribution >= 0.6 is 0 Å². The maximum absolute atomic E-state index is 4.29. The minimum absolute atomic E-state index is 0.147. The Kier molecular flexibility index (Phi) is 3.54. The van der Waals surface area contributed by atoms with E-state index in [1.807, 2.05) is 0 Å². The molecule has 1 aromatic rings. The van der Waals surface area contributed by atoms with Crippen LogP contribution in [0.15, 0.2) is 42.5 Å². The fraction of sp³-hybridized carbons (Fsp3) is 0.400. The van der Waals surface area contributed by atoms with Gasteiger partial charge in [-0.3, -0.25) is 0 Å². The van der Waals surface area contributed by atoms with Crippen molar-refractivity contribution in [2.45, 2.75) is 47.0 Å². The van der Waals surface area contributed by atoms with Gasteiger partial charge in [0.15, 0.2) is 0 Å². The lowest BCUT2D eigenvalue weighted by molar-refractivity contribution is 0.518. The lowest BCUT2D eigenvalue weighted by atomic mass is 9.83. The van der Waals surface area contributed by atoms with E-state index >= 15 is 0 Å². The third-order valence-corrected chi connectivity index (χ3v) is 3.90. The number of allylic oxidation sites excluding steroid dienone is 4. The van der Waals surface area contributed by atoms with Crippen LogP contribution in [-0.2, 0) is 5.41 Å². The summed E-state index contributed by atoms with van der Waals surface area (Å²) in [5, 5.41) is 0. The van der Waals surface area contributed by atoms with E-state index in [1.165, 1.54) is 22.3 Å². The summed E-state index contributed by atoms with van der Waals surface area (Å²) in [5.41, 5.74) is 6.64. The minimum atomic E-state index is 0.147. The fourth-order valence-corrected chi connectivity index (χ4v) is 2.41. The number of rotatable bonds is 0. The van der Waals surface area contributed by atoms with Gasteiger partial charge in [0, 0.05) is 0 Å². The number of hydrogen-bond donors (Lipinski definition) is 0. The Morgan fingerprint density at radius 3 is 2.05 bits per heavy atom. The Labute approximate surface area is 123 Å². The van der Waals surface area contributed by atoms with E-state index in [4.69, 9.17) is 0 Å². The molecule has 0 radical (unpaired) electrons. The van der Waals surface area contributed by atoms with E-state index in [-0.39, 0.29) is 10.8 Å². The standard InChI is InChI=1S/C20H26/c1-14-12-16(19(2,3)4)10-8-15-9-11-17(13-18(14)15)20(5,6)7/h8-13H,1H2,2-7H3. The number of benzene rings is 1. The molecular formula is C20H26. The van der Waals surface area contributed by atoms with Gasteiger partial charge in [-0.05, 0) is 38.7 Å².